The van der Waals surface area contributed by atoms with Gasteiger partial charge in [0.25, 0.3) is 0 Å². The third-order valence-electron chi connectivity index (χ3n) is 4.55. The fraction of sp³-hybridized carbons (Fsp3) is 0.857. The van der Waals surface area contributed by atoms with E-state index in [1.165, 1.54) is 19.3 Å². The fourth-order valence-corrected chi connectivity index (χ4v) is 3.44. The highest BCUT2D eigenvalue weighted by atomic mass is 16.5. The van der Waals surface area contributed by atoms with Gasteiger partial charge in [-0.2, -0.15) is 4.98 Å². The van der Waals surface area contributed by atoms with Crippen LogP contribution in [0.1, 0.15) is 63.2 Å². The van der Waals surface area contributed by atoms with Crippen molar-refractivity contribution in [2.45, 2.75) is 57.1 Å². The average molecular weight is 265 g/mol. The van der Waals surface area contributed by atoms with E-state index in [1.807, 2.05) is 0 Å². The van der Waals surface area contributed by atoms with E-state index in [1.54, 1.807) is 7.11 Å². The lowest BCUT2D eigenvalue weighted by molar-refractivity contribution is -0.0658. The maximum atomic E-state index is 5.81. The smallest absolute Gasteiger partial charge is 0.243 e. The van der Waals surface area contributed by atoms with E-state index in [4.69, 9.17) is 9.26 Å². The van der Waals surface area contributed by atoms with Gasteiger partial charge in [0.1, 0.15) is 5.60 Å². The van der Waals surface area contributed by atoms with Gasteiger partial charge in [-0.1, -0.05) is 18.5 Å². The molecule has 0 amide bonds. The molecule has 0 radical (unpaired) electrons. The molecular formula is C14H23N3O2. The third-order valence-corrected chi connectivity index (χ3v) is 4.55. The standard InChI is InChI=1S/C14H23N3O2/c1-10-5-3-7-14(9-10,18-2)13-16-12(19-17-13)11-6-4-8-15-11/h10-11,15H,3-9H2,1-2H3. The van der Waals surface area contributed by atoms with E-state index < -0.39 is 0 Å². The number of hydrogen-bond acceptors (Lipinski definition) is 5. The summed E-state index contributed by atoms with van der Waals surface area (Å²) in [5, 5.41) is 7.60. The predicted molar refractivity (Wildman–Crippen MR) is 70.6 cm³/mol. The lowest BCUT2D eigenvalue weighted by atomic mass is 9.78. The number of rotatable bonds is 3. The molecule has 1 saturated carbocycles. The summed E-state index contributed by atoms with van der Waals surface area (Å²) >= 11 is 0. The van der Waals surface area contributed by atoms with Crippen LogP contribution in [0.5, 0.6) is 0 Å². The van der Waals surface area contributed by atoms with Crippen LogP contribution < -0.4 is 5.32 Å². The largest absolute Gasteiger partial charge is 0.370 e. The highest BCUT2D eigenvalue weighted by Crippen LogP contribution is 2.41. The molecule has 2 heterocycles. The van der Waals surface area contributed by atoms with Crippen LogP contribution in [0.25, 0.3) is 0 Å². The highest BCUT2D eigenvalue weighted by Gasteiger charge is 2.41. The molecule has 1 N–H and O–H groups in total. The Hall–Kier alpha value is -0.940. The molecule has 0 bridgehead atoms. The van der Waals surface area contributed by atoms with Crippen LogP contribution in [0.2, 0.25) is 0 Å². The van der Waals surface area contributed by atoms with Gasteiger partial charge in [-0.05, 0) is 44.6 Å². The maximum Gasteiger partial charge on any atom is 0.243 e. The van der Waals surface area contributed by atoms with Gasteiger partial charge < -0.3 is 14.6 Å². The van der Waals surface area contributed by atoms with Crippen LogP contribution in [0.15, 0.2) is 4.52 Å². The lowest BCUT2D eigenvalue weighted by Crippen LogP contribution is -2.35. The van der Waals surface area contributed by atoms with Gasteiger partial charge in [0, 0.05) is 7.11 Å². The Morgan fingerprint density at radius 3 is 2.95 bits per heavy atom. The molecule has 1 aliphatic heterocycles. The Balaban J connectivity index is 1.83. The molecule has 3 unspecified atom stereocenters. The van der Waals surface area contributed by atoms with Crippen molar-refractivity contribution in [2.24, 2.45) is 5.92 Å². The van der Waals surface area contributed by atoms with Crippen LogP contribution in [0.3, 0.4) is 0 Å². The average Bonchev–Trinajstić information content (AvgIpc) is 3.09. The van der Waals surface area contributed by atoms with Gasteiger partial charge in [0.2, 0.25) is 11.7 Å². The first-order valence-corrected chi connectivity index (χ1v) is 7.36. The molecule has 2 fully saturated rings. The molecule has 19 heavy (non-hydrogen) atoms. The SMILES string of the molecule is COC1(c2noc(C3CCCN3)n2)CCCC(C)C1. The minimum Gasteiger partial charge on any atom is -0.370 e. The Labute approximate surface area is 114 Å². The van der Waals surface area contributed by atoms with Crippen LogP contribution >= 0.6 is 0 Å². The minimum atomic E-state index is -0.335. The number of nitrogens with zero attached hydrogens (tertiary/aromatic N) is 2. The quantitative estimate of drug-likeness (QED) is 0.910. The Morgan fingerprint density at radius 2 is 2.26 bits per heavy atom. The van der Waals surface area contributed by atoms with E-state index in [0.717, 1.165) is 37.5 Å². The van der Waals surface area contributed by atoms with Crippen molar-refractivity contribution < 1.29 is 9.26 Å². The summed E-state index contributed by atoms with van der Waals surface area (Å²) in [6, 6.07) is 0.233. The van der Waals surface area contributed by atoms with Gasteiger partial charge in [-0.25, -0.2) is 0 Å². The van der Waals surface area contributed by atoms with Crippen molar-refractivity contribution >= 4 is 0 Å². The van der Waals surface area contributed by atoms with E-state index in [-0.39, 0.29) is 11.6 Å². The van der Waals surface area contributed by atoms with Crippen molar-refractivity contribution in [1.29, 1.82) is 0 Å². The molecule has 5 heteroatoms. The lowest BCUT2D eigenvalue weighted by Gasteiger charge is -2.36. The van der Waals surface area contributed by atoms with E-state index in [0.29, 0.717) is 5.92 Å². The van der Waals surface area contributed by atoms with Gasteiger partial charge in [0.15, 0.2) is 0 Å². The molecule has 1 saturated heterocycles. The van der Waals surface area contributed by atoms with Gasteiger partial charge in [-0.3, -0.25) is 0 Å². The van der Waals surface area contributed by atoms with Crippen molar-refractivity contribution in [3.05, 3.63) is 11.7 Å². The molecule has 1 aliphatic carbocycles. The Bertz CT molecular complexity index is 428. The zero-order valence-corrected chi connectivity index (χ0v) is 11.8. The van der Waals surface area contributed by atoms with E-state index in [2.05, 4.69) is 22.4 Å². The monoisotopic (exact) mass is 265 g/mol. The zero-order valence-electron chi connectivity index (χ0n) is 11.8. The Morgan fingerprint density at radius 1 is 1.37 bits per heavy atom. The number of ether oxygens (including phenoxy) is 1. The summed E-state index contributed by atoms with van der Waals surface area (Å²) < 4.78 is 11.3. The van der Waals surface area contributed by atoms with Crippen LogP contribution in [0.4, 0.5) is 0 Å². The summed E-state index contributed by atoms with van der Waals surface area (Å²) in [7, 11) is 1.77. The van der Waals surface area contributed by atoms with Crippen LogP contribution in [-0.4, -0.2) is 23.8 Å². The predicted octanol–water partition coefficient (Wildman–Crippen LogP) is 2.55. The molecule has 0 aromatic carbocycles. The van der Waals surface area contributed by atoms with E-state index in [9.17, 15) is 0 Å². The molecular weight excluding hydrogens is 242 g/mol. The summed E-state index contributed by atoms with van der Waals surface area (Å²) in [5.41, 5.74) is -0.335. The zero-order chi connectivity index (χ0) is 13.3. The van der Waals surface area contributed by atoms with Crippen molar-refractivity contribution in [1.82, 2.24) is 15.5 Å². The second kappa shape index (κ2) is 5.21. The molecule has 3 rings (SSSR count). The van der Waals surface area contributed by atoms with Gasteiger partial charge in [-0.15, -0.1) is 0 Å². The molecule has 2 aliphatic rings. The minimum absolute atomic E-state index is 0.233. The number of hydrogen-bond donors (Lipinski definition) is 1. The maximum absolute atomic E-state index is 5.81. The summed E-state index contributed by atoms with van der Waals surface area (Å²) in [4.78, 5) is 4.63. The Kier molecular flexibility index (Phi) is 3.58. The normalized spacial score (nSPS) is 35.7. The van der Waals surface area contributed by atoms with Crippen molar-refractivity contribution in [3.8, 4) is 0 Å². The first-order chi connectivity index (χ1) is 9.23. The molecule has 106 valence electrons. The highest BCUT2D eigenvalue weighted by molar-refractivity contribution is 5.06. The number of aromatic nitrogens is 2. The van der Waals surface area contributed by atoms with Gasteiger partial charge in [0.05, 0.1) is 6.04 Å². The molecule has 5 nitrogen and oxygen atoms in total. The van der Waals surface area contributed by atoms with Crippen LogP contribution in [0, 0.1) is 5.92 Å². The second-order valence-electron chi connectivity index (χ2n) is 6.01. The summed E-state index contributed by atoms with van der Waals surface area (Å²) in [5.74, 6) is 2.12. The number of nitrogens with one attached hydrogen (secondary N) is 1. The van der Waals surface area contributed by atoms with E-state index >= 15 is 0 Å². The molecule has 1 aromatic rings. The van der Waals surface area contributed by atoms with Gasteiger partial charge >= 0.3 is 0 Å². The molecule has 0 spiro atoms. The third kappa shape index (κ3) is 2.41. The van der Waals surface area contributed by atoms with Crippen molar-refractivity contribution in [3.63, 3.8) is 0 Å². The summed E-state index contributed by atoms with van der Waals surface area (Å²) in [6.45, 7) is 3.31. The van der Waals surface area contributed by atoms with Crippen molar-refractivity contribution in [2.75, 3.05) is 13.7 Å². The first-order valence-electron chi connectivity index (χ1n) is 7.36. The summed E-state index contributed by atoms with van der Waals surface area (Å²) in [6.07, 6.45) is 6.67. The van der Waals surface area contributed by atoms with Crippen LogP contribution in [-0.2, 0) is 10.3 Å². The topological polar surface area (TPSA) is 60.2 Å². The number of methoxy groups -OCH3 is 1. The second-order valence-corrected chi connectivity index (χ2v) is 6.01. The molecule has 3 atom stereocenters. The fourth-order valence-electron chi connectivity index (χ4n) is 3.44. The first kappa shape index (κ1) is 13.1. The molecule has 1 aromatic heterocycles.